The molecule has 2 N–H and O–H groups in total. The molecule has 0 aromatic heterocycles. The third-order valence-electron chi connectivity index (χ3n) is 5.79. The van der Waals surface area contributed by atoms with E-state index in [1.165, 1.54) is 0 Å². The number of nitrogens with zero attached hydrogens (tertiary/aromatic N) is 1. The molecular weight excluding hydrogens is 416 g/mol. The Kier molecular flexibility index (Phi) is 8.04. The van der Waals surface area contributed by atoms with E-state index >= 15 is 0 Å². The Bertz CT molecular complexity index is 1150. The first-order valence-electron chi connectivity index (χ1n) is 11.6. The number of carbonyl (C=O) groups is 1. The molecule has 0 heterocycles. The Balaban J connectivity index is 1.68. The summed E-state index contributed by atoms with van der Waals surface area (Å²) in [7, 11) is 0. The van der Waals surface area contributed by atoms with Crippen LogP contribution >= 0.6 is 0 Å². The number of nitrogens with two attached hydrogens (primary N) is 1. The summed E-state index contributed by atoms with van der Waals surface area (Å²) < 4.78 is 0. The quantitative estimate of drug-likeness (QED) is 0.300. The van der Waals surface area contributed by atoms with E-state index in [2.05, 4.69) is 29.2 Å². The Morgan fingerprint density at radius 1 is 0.647 bits per heavy atom. The Morgan fingerprint density at radius 3 is 1.53 bits per heavy atom. The van der Waals surface area contributed by atoms with Crippen LogP contribution < -0.4 is 5.73 Å². The van der Waals surface area contributed by atoms with Crippen LogP contribution in [-0.2, 0) is 24.3 Å². The van der Waals surface area contributed by atoms with Crippen LogP contribution in [0.3, 0.4) is 0 Å². The minimum Gasteiger partial charge on any atom is -0.402 e. The maximum absolute atomic E-state index is 13.8. The first-order valence-corrected chi connectivity index (χ1v) is 11.6. The van der Waals surface area contributed by atoms with E-state index in [0.29, 0.717) is 25.2 Å². The zero-order valence-corrected chi connectivity index (χ0v) is 19.3. The third kappa shape index (κ3) is 6.53. The lowest BCUT2D eigenvalue weighted by Crippen LogP contribution is -2.33. The van der Waals surface area contributed by atoms with Crippen LogP contribution in [0.1, 0.15) is 28.3 Å². The summed E-state index contributed by atoms with van der Waals surface area (Å²) in [6, 6.07) is 40.1. The fraction of sp³-hybridized carbons (Fsp3) is 0.129. The van der Waals surface area contributed by atoms with Gasteiger partial charge in [-0.3, -0.25) is 9.69 Å². The predicted molar refractivity (Wildman–Crippen MR) is 139 cm³/mol. The lowest BCUT2D eigenvalue weighted by Gasteiger charge is -2.31. The van der Waals surface area contributed by atoms with Gasteiger partial charge < -0.3 is 5.73 Å². The van der Waals surface area contributed by atoms with Gasteiger partial charge in [0.1, 0.15) is 0 Å². The summed E-state index contributed by atoms with van der Waals surface area (Å²) in [5, 5.41) is 0. The van der Waals surface area contributed by atoms with Gasteiger partial charge in [0.15, 0.2) is 5.78 Å². The van der Waals surface area contributed by atoms with Crippen molar-refractivity contribution in [1.82, 2.24) is 4.90 Å². The highest BCUT2D eigenvalue weighted by molar-refractivity contribution is 5.95. The van der Waals surface area contributed by atoms with Gasteiger partial charge in [-0.2, -0.15) is 0 Å². The molecule has 0 aliphatic carbocycles. The molecule has 0 spiro atoms. The van der Waals surface area contributed by atoms with E-state index in [-0.39, 0.29) is 5.78 Å². The van der Waals surface area contributed by atoms with E-state index in [0.717, 1.165) is 22.3 Å². The van der Waals surface area contributed by atoms with Gasteiger partial charge in [-0.25, -0.2) is 0 Å². The minimum atomic E-state index is -0.448. The molecule has 0 aliphatic rings. The van der Waals surface area contributed by atoms with Crippen molar-refractivity contribution < 1.29 is 4.79 Å². The van der Waals surface area contributed by atoms with Gasteiger partial charge >= 0.3 is 0 Å². The largest absolute Gasteiger partial charge is 0.402 e. The molecule has 0 radical (unpaired) electrons. The summed E-state index contributed by atoms with van der Waals surface area (Å²) in [6.07, 6.45) is 2.17. The fourth-order valence-electron chi connectivity index (χ4n) is 4.21. The smallest absolute Gasteiger partial charge is 0.179 e. The van der Waals surface area contributed by atoms with Crippen LogP contribution in [0.4, 0.5) is 0 Å². The molecule has 170 valence electrons. The first-order chi connectivity index (χ1) is 16.7. The molecule has 3 nitrogen and oxygen atoms in total. The number of hydrogen-bond acceptors (Lipinski definition) is 3. The number of rotatable bonds is 10. The van der Waals surface area contributed by atoms with Gasteiger partial charge in [0.2, 0.25) is 0 Å². The monoisotopic (exact) mass is 446 g/mol. The molecule has 3 heteroatoms. The molecule has 0 amide bonds. The summed E-state index contributed by atoms with van der Waals surface area (Å²) in [5.74, 6) is -0.00788. The maximum atomic E-state index is 13.8. The average Bonchev–Trinajstić information content (AvgIpc) is 2.86. The average molecular weight is 447 g/mol. The van der Waals surface area contributed by atoms with Crippen molar-refractivity contribution in [3.63, 3.8) is 0 Å². The molecule has 0 fully saturated rings. The predicted octanol–water partition coefficient (Wildman–Crippen LogP) is 6.08. The Labute approximate surface area is 202 Å². The van der Waals surface area contributed by atoms with Crippen molar-refractivity contribution in [3.05, 3.63) is 155 Å². The Morgan fingerprint density at radius 2 is 1.06 bits per heavy atom. The molecule has 0 bridgehead atoms. The lowest BCUT2D eigenvalue weighted by molar-refractivity contribution is -0.120. The van der Waals surface area contributed by atoms with Crippen molar-refractivity contribution in [2.24, 2.45) is 5.73 Å². The van der Waals surface area contributed by atoms with Crippen LogP contribution in [0.2, 0.25) is 0 Å². The molecule has 0 saturated heterocycles. The number of hydrogen-bond donors (Lipinski definition) is 1. The normalized spacial score (nSPS) is 12.4. The van der Waals surface area contributed by atoms with Crippen molar-refractivity contribution in [2.45, 2.75) is 25.6 Å². The van der Waals surface area contributed by atoms with Gasteiger partial charge in [0, 0.05) is 31.3 Å². The zero-order chi connectivity index (χ0) is 23.6. The van der Waals surface area contributed by atoms with Gasteiger partial charge in [-0.15, -0.1) is 0 Å². The zero-order valence-electron chi connectivity index (χ0n) is 19.3. The Hall–Kier alpha value is -3.95. The molecule has 34 heavy (non-hydrogen) atoms. The fourth-order valence-corrected chi connectivity index (χ4v) is 4.21. The first kappa shape index (κ1) is 23.2. The molecule has 1 atom stereocenters. The maximum Gasteiger partial charge on any atom is 0.179 e. The molecule has 0 saturated carbocycles. The highest BCUT2D eigenvalue weighted by Gasteiger charge is 2.27. The van der Waals surface area contributed by atoms with Gasteiger partial charge in [-0.1, -0.05) is 121 Å². The molecule has 0 aliphatic heterocycles. The second-order valence-corrected chi connectivity index (χ2v) is 8.47. The minimum absolute atomic E-state index is 0.00788. The van der Waals surface area contributed by atoms with Crippen LogP contribution in [0.25, 0.3) is 0 Å². The van der Waals surface area contributed by atoms with Crippen molar-refractivity contribution >= 4 is 5.78 Å². The molecule has 4 aromatic rings. The number of benzene rings is 4. The topological polar surface area (TPSA) is 46.3 Å². The number of carbonyl (C=O) groups excluding carboxylic acids is 1. The van der Waals surface area contributed by atoms with E-state index in [1.807, 2.05) is 97.1 Å². The lowest BCUT2D eigenvalue weighted by atomic mass is 9.97. The van der Waals surface area contributed by atoms with Crippen LogP contribution in [-0.4, -0.2) is 10.7 Å². The number of allylic oxidation sites excluding steroid dienone is 1. The molecule has 4 aromatic carbocycles. The molecule has 4 rings (SSSR count). The summed E-state index contributed by atoms with van der Waals surface area (Å²) in [6.45, 7) is 1.29. The van der Waals surface area contributed by atoms with Crippen molar-refractivity contribution in [3.8, 4) is 0 Å². The van der Waals surface area contributed by atoms with E-state index < -0.39 is 6.04 Å². The van der Waals surface area contributed by atoms with Crippen LogP contribution in [0, 0.1) is 0 Å². The van der Waals surface area contributed by atoms with Crippen LogP contribution in [0.15, 0.2) is 133 Å². The van der Waals surface area contributed by atoms with Gasteiger partial charge in [0.25, 0.3) is 0 Å². The van der Waals surface area contributed by atoms with E-state index in [9.17, 15) is 4.79 Å². The summed E-state index contributed by atoms with van der Waals surface area (Å²) in [5.41, 5.74) is 11.3. The number of ketones is 1. The van der Waals surface area contributed by atoms with Crippen molar-refractivity contribution in [2.75, 3.05) is 0 Å². The van der Waals surface area contributed by atoms with E-state index in [4.69, 9.17) is 5.73 Å². The third-order valence-corrected chi connectivity index (χ3v) is 5.79. The summed E-state index contributed by atoms with van der Waals surface area (Å²) >= 11 is 0. The summed E-state index contributed by atoms with van der Waals surface area (Å²) in [4.78, 5) is 16.0. The molecule has 1 unspecified atom stereocenters. The van der Waals surface area contributed by atoms with Gasteiger partial charge in [0.05, 0.1) is 6.04 Å². The highest BCUT2D eigenvalue weighted by atomic mass is 16.1. The van der Waals surface area contributed by atoms with Gasteiger partial charge in [-0.05, 0) is 22.3 Å². The second-order valence-electron chi connectivity index (χ2n) is 8.47. The van der Waals surface area contributed by atoms with Crippen LogP contribution in [0.5, 0.6) is 0 Å². The molecular formula is C31H30N2O. The highest BCUT2D eigenvalue weighted by Crippen LogP contribution is 2.27. The standard InChI is InChI=1S/C31H30N2O/c32-29(21-25-13-5-1-6-14-25)22-30(34)31(28-19-11-4-12-20-28)33(23-26-15-7-2-8-16-26)24-27-17-9-3-10-18-27/h1-20,22,31H,21,23-24,32H2. The SMILES string of the molecule is NC(=CC(=O)C(c1ccccc1)N(Cc1ccccc1)Cc1ccccc1)Cc1ccccc1. The van der Waals surface area contributed by atoms with Crippen molar-refractivity contribution in [1.29, 1.82) is 0 Å². The second kappa shape index (κ2) is 11.8. The van der Waals surface area contributed by atoms with E-state index in [1.54, 1.807) is 6.08 Å².